The molecule has 0 fully saturated rings. The van der Waals surface area contributed by atoms with E-state index in [-0.39, 0.29) is 6.04 Å². The summed E-state index contributed by atoms with van der Waals surface area (Å²) in [7, 11) is 1.70. The van der Waals surface area contributed by atoms with Crippen LogP contribution in [0, 0.1) is 6.92 Å². The summed E-state index contributed by atoms with van der Waals surface area (Å²) in [6, 6.07) is 6.48. The lowest BCUT2D eigenvalue weighted by atomic mass is 9.96. The van der Waals surface area contributed by atoms with Crippen LogP contribution in [0.1, 0.15) is 36.8 Å². The summed E-state index contributed by atoms with van der Waals surface area (Å²) < 4.78 is 5.24. The van der Waals surface area contributed by atoms with E-state index in [0.29, 0.717) is 0 Å². The van der Waals surface area contributed by atoms with E-state index in [0.717, 1.165) is 18.6 Å². The van der Waals surface area contributed by atoms with Gasteiger partial charge in [0.25, 0.3) is 0 Å². The highest BCUT2D eigenvalue weighted by Gasteiger charge is 2.12. The van der Waals surface area contributed by atoms with Crippen LogP contribution in [-0.4, -0.2) is 13.2 Å². The summed E-state index contributed by atoms with van der Waals surface area (Å²) in [5, 5.41) is 0. The number of hydrogen-bond acceptors (Lipinski definition) is 2. The summed E-state index contributed by atoms with van der Waals surface area (Å²) >= 11 is 0. The predicted molar refractivity (Wildman–Crippen MR) is 72.2 cm³/mol. The number of aryl methyl sites for hydroxylation is 1. The zero-order valence-electron chi connectivity index (χ0n) is 10.7. The van der Waals surface area contributed by atoms with E-state index in [1.165, 1.54) is 29.5 Å². The van der Waals surface area contributed by atoms with Crippen LogP contribution >= 0.6 is 0 Å². The summed E-state index contributed by atoms with van der Waals surface area (Å²) in [4.78, 5) is 0. The molecule has 2 nitrogen and oxygen atoms in total. The van der Waals surface area contributed by atoms with E-state index < -0.39 is 0 Å². The normalized spacial score (nSPS) is 20.6. The Labute approximate surface area is 103 Å². The van der Waals surface area contributed by atoms with Crippen LogP contribution in [0.3, 0.4) is 0 Å². The molecule has 0 heterocycles. The molecule has 1 aliphatic rings. The van der Waals surface area contributed by atoms with Gasteiger partial charge in [-0.05, 0) is 55.0 Å². The number of rotatable bonds is 2. The monoisotopic (exact) mass is 231 g/mol. The molecule has 2 N–H and O–H groups in total. The highest BCUT2D eigenvalue weighted by atomic mass is 16.5. The first kappa shape index (κ1) is 12.2. The minimum Gasteiger partial charge on any atom is -0.497 e. The summed E-state index contributed by atoms with van der Waals surface area (Å²) in [5.74, 6) is 0.921. The van der Waals surface area contributed by atoms with Crippen LogP contribution in [0.25, 0.3) is 5.57 Å². The van der Waals surface area contributed by atoms with Crippen molar-refractivity contribution in [2.45, 2.75) is 38.6 Å². The van der Waals surface area contributed by atoms with Crippen molar-refractivity contribution in [3.63, 3.8) is 0 Å². The Kier molecular flexibility index (Phi) is 3.85. The van der Waals surface area contributed by atoms with Crippen molar-refractivity contribution >= 4 is 5.57 Å². The van der Waals surface area contributed by atoms with Gasteiger partial charge >= 0.3 is 0 Å². The highest BCUT2D eigenvalue weighted by molar-refractivity contribution is 5.69. The van der Waals surface area contributed by atoms with E-state index in [9.17, 15) is 0 Å². The van der Waals surface area contributed by atoms with Crippen molar-refractivity contribution in [2.75, 3.05) is 7.11 Å². The minimum absolute atomic E-state index is 0.217. The van der Waals surface area contributed by atoms with Crippen molar-refractivity contribution in [2.24, 2.45) is 5.73 Å². The van der Waals surface area contributed by atoms with Crippen molar-refractivity contribution in [1.29, 1.82) is 0 Å². The Morgan fingerprint density at radius 1 is 1.29 bits per heavy atom. The Morgan fingerprint density at radius 3 is 2.82 bits per heavy atom. The van der Waals surface area contributed by atoms with Gasteiger partial charge in [-0.2, -0.15) is 0 Å². The fourth-order valence-corrected chi connectivity index (χ4v) is 2.47. The first-order chi connectivity index (χ1) is 8.20. The molecule has 0 radical (unpaired) electrons. The van der Waals surface area contributed by atoms with E-state index in [1.54, 1.807) is 7.11 Å². The SMILES string of the molecule is COc1ccc(C2=CC(N)CCCC2)c(C)c1. The zero-order chi connectivity index (χ0) is 12.3. The summed E-state index contributed by atoms with van der Waals surface area (Å²) in [6.45, 7) is 2.13. The molecule has 0 saturated carbocycles. The molecular formula is C15H21NO. The van der Waals surface area contributed by atoms with Crippen LogP contribution in [0.4, 0.5) is 0 Å². The van der Waals surface area contributed by atoms with E-state index in [4.69, 9.17) is 10.5 Å². The Hall–Kier alpha value is -1.28. The molecular weight excluding hydrogens is 210 g/mol. The molecule has 0 amide bonds. The topological polar surface area (TPSA) is 35.2 Å². The first-order valence-corrected chi connectivity index (χ1v) is 6.32. The van der Waals surface area contributed by atoms with Crippen LogP contribution < -0.4 is 10.5 Å². The predicted octanol–water partition coefficient (Wildman–Crippen LogP) is 3.29. The third kappa shape index (κ3) is 2.89. The second-order valence-corrected chi connectivity index (χ2v) is 4.78. The Balaban J connectivity index is 2.32. The van der Waals surface area contributed by atoms with E-state index in [2.05, 4.69) is 25.1 Å². The lowest BCUT2D eigenvalue weighted by Crippen LogP contribution is -2.15. The molecule has 1 atom stereocenters. The molecule has 92 valence electrons. The fourth-order valence-electron chi connectivity index (χ4n) is 2.47. The maximum absolute atomic E-state index is 6.07. The summed E-state index contributed by atoms with van der Waals surface area (Å²) in [5.41, 5.74) is 10.1. The van der Waals surface area contributed by atoms with Gasteiger partial charge in [0.2, 0.25) is 0 Å². The van der Waals surface area contributed by atoms with E-state index in [1.807, 2.05) is 6.07 Å². The Bertz CT molecular complexity index is 423. The zero-order valence-corrected chi connectivity index (χ0v) is 10.7. The van der Waals surface area contributed by atoms with Gasteiger partial charge in [-0.1, -0.05) is 18.6 Å². The molecule has 1 aliphatic carbocycles. The molecule has 1 unspecified atom stereocenters. The van der Waals surface area contributed by atoms with Gasteiger partial charge in [-0.15, -0.1) is 0 Å². The fraction of sp³-hybridized carbons (Fsp3) is 0.467. The van der Waals surface area contributed by atoms with Gasteiger partial charge in [-0.3, -0.25) is 0 Å². The van der Waals surface area contributed by atoms with Crippen LogP contribution in [-0.2, 0) is 0 Å². The average molecular weight is 231 g/mol. The largest absolute Gasteiger partial charge is 0.497 e. The van der Waals surface area contributed by atoms with Crippen molar-refractivity contribution in [1.82, 2.24) is 0 Å². The number of methoxy groups -OCH3 is 1. The van der Waals surface area contributed by atoms with Gasteiger partial charge < -0.3 is 10.5 Å². The van der Waals surface area contributed by atoms with Crippen molar-refractivity contribution in [3.05, 3.63) is 35.4 Å². The highest BCUT2D eigenvalue weighted by Crippen LogP contribution is 2.29. The number of nitrogens with two attached hydrogens (primary N) is 1. The third-order valence-electron chi connectivity index (χ3n) is 3.43. The molecule has 2 heteroatoms. The Morgan fingerprint density at radius 2 is 2.12 bits per heavy atom. The van der Waals surface area contributed by atoms with Gasteiger partial charge in [0.1, 0.15) is 5.75 Å². The number of allylic oxidation sites excluding steroid dienone is 1. The van der Waals surface area contributed by atoms with Gasteiger partial charge in [0, 0.05) is 6.04 Å². The van der Waals surface area contributed by atoms with Gasteiger partial charge in [0.15, 0.2) is 0 Å². The molecule has 0 bridgehead atoms. The minimum atomic E-state index is 0.217. The molecule has 0 spiro atoms. The molecule has 17 heavy (non-hydrogen) atoms. The van der Waals surface area contributed by atoms with Crippen LogP contribution in [0.5, 0.6) is 5.75 Å². The smallest absolute Gasteiger partial charge is 0.119 e. The lowest BCUT2D eigenvalue weighted by molar-refractivity contribution is 0.414. The quantitative estimate of drug-likeness (QED) is 0.847. The third-order valence-corrected chi connectivity index (χ3v) is 3.43. The second-order valence-electron chi connectivity index (χ2n) is 4.78. The molecule has 0 aromatic heterocycles. The molecule has 1 aromatic carbocycles. The molecule has 2 rings (SSSR count). The maximum Gasteiger partial charge on any atom is 0.119 e. The summed E-state index contributed by atoms with van der Waals surface area (Å²) in [6.07, 6.45) is 6.96. The maximum atomic E-state index is 6.07. The molecule has 1 aromatic rings. The molecule has 0 saturated heterocycles. The van der Waals surface area contributed by atoms with Crippen LogP contribution in [0.2, 0.25) is 0 Å². The number of hydrogen-bond donors (Lipinski definition) is 1. The van der Waals surface area contributed by atoms with Crippen molar-refractivity contribution < 1.29 is 4.74 Å². The molecule has 0 aliphatic heterocycles. The van der Waals surface area contributed by atoms with Crippen molar-refractivity contribution in [3.8, 4) is 5.75 Å². The van der Waals surface area contributed by atoms with Crippen LogP contribution in [0.15, 0.2) is 24.3 Å². The number of ether oxygens (including phenoxy) is 1. The van der Waals surface area contributed by atoms with Gasteiger partial charge in [-0.25, -0.2) is 0 Å². The standard InChI is InChI=1S/C15H21NO/c1-11-9-14(17-2)7-8-15(11)12-5-3-4-6-13(16)10-12/h7-10,13H,3-6,16H2,1-2H3. The first-order valence-electron chi connectivity index (χ1n) is 6.32. The average Bonchev–Trinajstić information content (AvgIpc) is 2.53. The van der Waals surface area contributed by atoms with E-state index >= 15 is 0 Å². The second kappa shape index (κ2) is 5.37. The number of benzene rings is 1. The lowest BCUT2D eigenvalue weighted by Gasteiger charge is -2.11. The van der Waals surface area contributed by atoms with Gasteiger partial charge in [0.05, 0.1) is 7.11 Å².